The van der Waals surface area contributed by atoms with Crippen molar-refractivity contribution in [3.63, 3.8) is 0 Å². The molecule has 0 radical (unpaired) electrons. The summed E-state index contributed by atoms with van der Waals surface area (Å²) in [4.78, 5) is 74.6. The lowest BCUT2D eigenvalue weighted by Gasteiger charge is -2.45. The highest BCUT2D eigenvalue weighted by atomic mass is 16.6. The average molecular weight is 1500 g/mol. The third-order valence-electron chi connectivity index (χ3n) is 21.4. The maximum atomic E-state index is 12.5. The van der Waals surface area contributed by atoms with Crippen molar-refractivity contribution in [1.29, 1.82) is 15.8 Å². The van der Waals surface area contributed by atoms with E-state index in [1.807, 2.05) is 81.3 Å². The summed E-state index contributed by atoms with van der Waals surface area (Å²) in [6.45, 7) is 14.7. The molecule has 0 bridgehead atoms. The van der Waals surface area contributed by atoms with Gasteiger partial charge in [0.25, 0.3) is 23.6 Å². The number of benzene rings is 3. The van der Waals surface area contributed by atoms with Crippen LogP contribution in [0, 0.1) is 73.9 Å². The van der Waals surface area contributed by atoms with E-state index >= 15 is 0 Å². The first-order valence-corrected chi connectivity index (χ1v) is 36.2. The van der Waals surface area contributed by atoms with Gasteiger partial charge in [0.05, 0.1) is 91.2 Å². The molecule has 3 saturated heterocycles. The van der Waals surface area contributed by atoms with Gasteiger partial charge in [-0.2, -0.15) is 46.4 Å². The number of carboxylic acid groups (broad SMARTS) is 1. The van der Waals surface area contributed by atoms with Crippen molar-refractivity contribution >= 4 is 53.1 Å². The van der Waals surface area contributed by atoms with Gasteiger partial charge in [-0.1, -0.05) is 66.4 Å². The van der Waals surface area contributed by atoms with Gasteiger partial charge in [0.2, 0.25) is 0 Å². The van der Waals surface area contributed by atoms with Crippen LogP contribution < -0.4 is 39.7 Å². The summed E-state index contributed by atoms with van der Waals surface area (Å²) in [6.07, 6.45) is 18.1. The van der Waals surface area contributed by atoms with Crippen molar-refractivity contribution in [2.75, 3.05) is 56.5 Å². The van der Waals surface area contributed by atoms with Crippen LogP contribution in [0.1, 0.15) is 175 Å². The highest BCUT2D eigenvalue weighted by molar-refractivity contribution is 6.05. The lowest BCUT2D eigenvalue weighted by Crippen LogP contribution is -2.43. The normalized spacial score (nSPS) is 20.3. The number of hydrogen-bond donors (Lipinski definition) is 8. The van der Waals surface area contributed by atoms with E-state index in [2.05, 4.69) is 56.6 Å². The van der Waals surface area contributed by atoms with Gasteiger partial charge in [-0.25, -0.2) is 23.6 Å². The van der Waals surface area contributed by atoms with Gasteiger partial charge >= 0.3 is 12.1 Å². The summed E-state index contributed by atoms with van der Waals surface area (Å²) >= 11 is 0. The molecule has 9 aromatic rings. The summed E-state index contributed by atoms with van der Waals surface area (Å²) in [6, 6.07) is 28.8. The van der Waals surface area contributed by atoms with E-state index in [0.29, 0.717) is 108 Å². The quantitative estimate of drug-likeness (QED) is 0.0479. The number of nitrogens with two attached hydrogens (primary N) is 6. The maximum Gasteiger partial charge on any atom is 0.410 e. The average Bonchev–Trinajstić information content (AvgIpc) is 1.61. The number of ether oxygens (including phenoxy) is 1. The third-order valence-corrected chi connectivity index (χ3v) is 21.4. The minimum atomic E-state index is -1.07. The van der Waals surface area contributed by atoms with Gasteiger partial charge in [0.1, 0.15) is 56.8 Å². The monoisotopic (exact) mass is 1500 g/mol. The Kier molecular flexibility index (Phi) is 22.1. The second-order valence-electron chi connectivity index (χ2n) is 30.1. The number of likely N-dealkylation sites (tertiary alicyclic amines) is 2. The Hall–Kier alpha value is -13.5. The number of hydrogen-bond acceptors (Lipinski definition) is 20. The van der Waals surface area contributed by atoms with Crippen LogP contribution in [-0.2, 0) is 34.0 Å². The Bertz CT molecular complexity index is 5360. The third kappa shape index (κ3) is 16.5. The number of anilines is 3. The summed E-state index contributed by atoms with van der Waals surface area (Å²) in [7, 11) is 0. The van der Waals surface area contributed by atoms with Gasteiger partial charge in [-0.05, 0) is 156 Å². The number of amides is 5. The maximum absolute atomic E-state index is 12.5. The Balaban J connectivity index is 0.000000150. The van der Waals surface area contributed by atoms with Crippen molar-refractivity contribution in [3.8, 4) is 75.7 Å². The smallest absolute Gasteiger partial charge is 0.410 e. The van der Waals surface area contributed by atoms with Crippen LogP contribution >= 0.6 is 0 Å². The van der Waals surface area contributed by atoms with Crippen LogP contribution in [0.15, 0.2) is 110 Å². The van der Waals surface area contributed by atoms with Crippen molar-refractivity contribution in [2.24, 2.45) is 33.4 Å². The molecule has 32 nitrogen and oxygen atoms in total. The summed E-state index contributed by atoms with van der Waals surface area (Å²) in [5.41, 5.74) is 44.0. The molecular weight excluding hydrogens is 1410 g/mol. The van der Waals surface area contributed by atoms with E-state index in [9.17, 15) is 44.6 Å². The fourth-order valence-electron chi connectivity index (χ4n) is 16.0. The van der Waals surface area contributed by atoms with Crippen LogP contribution in [-0.4, -0.2) is 154 Å². The second kappa shape index (κ2) is 31.7. The molecule has 3 aliphatic carbocycles. The zero-order chi connectivity index (χ0) is 79.3. The number of rotatable bonds is 15. The van der Waals surface area contributed by atoms with Gasteiger partial charge in [-0.3, -0.25) is 33.2 Å². The van der Waals surface area contributed by atoms with E-state index < -0.39 is 29.3 Å². The zero-order valence-electron chi connectivity index (χ0n) is 62.2. The number of aromatic nitrogens is 12. The molecule has 3 aliphatic heterocycles. The van der Waals surface area contributed by atoms with Gasteiger partial charge in [-0.15, -0.1) is 0 Å². The Morgan fingerprint density at radius 1 is 0.532 bits per heavy atom. The first-order valence-electron chi connectivity index (χ1n) is 36.2. The number of carboxylic acids is 1. The number of primary amides is 3. The molecule has 14 N–H and O–H groups in total. The fraction of sp³-hybridized carbons (Fsp3) is 0.380. The van der Waals surface area contributed by atoms with Crippen LogP contribution in [0.5, 0.6) is 0 Å². The number of aliphatic carboxylic acids is 1. The number of carbonyl (C=O) groups is 6. The molecule has 570 valence electrons. The molecule has 9 heterocycles. The summed E-state index contributed by atoms with van der Waals surface area (Å²) in [5, 5.41) is 66.5. The standard InChI is InChI=1S/C27H32N8O3.C26H26N8O2.C22H24N8O.C4H4O2/c1-26(2,3)38-25(37)33-9-8-27(16-33)10-20(11-27)35-23(29)21(24(30)36)22(32-35)19-13-31-34(15-19)14-18-7-5-4-6-17(18)12-28;1-2-5-21(35)32-9-8-26(16-32)10-20(11-26)34-24(28)22(25(29)36)23(31-34)19-13-30-33(15-19)14-18-7-4-3-6-17(18)12-27;23-9-14-3-1-2-4-15(14)11-29-12-16(10-27-29)19-18(21(25)31)20(24)30(28-19)17-7-22(8-17)5-6-26-13-22;1-2-3-4(5)6/h4-7,13,15,20H,8-11,14,16,29H2,1-3H3,(H2,30,36);3-4,6-7,13,15,20H,8-11,14,16,28H2,1H3,(H2,29,36);1-4,10,12,17,26H,5-8,11,13,24H2,(H2,25,31);1H3,(H,5,6). The molecule has 3 aromatic carbocycles. The lowest BCUT2D eigenvalue weighted by molar-refractivity contribution is -0.130. The van der Waals surface area contributed by atoms with Gasteiger partial charge in [0.15, 0.2) is 0 Å². The molecule has 6 aromatic heterocycles. The van der Waals surface area contributed by atoms with E-state index in [1.165, 1.54) is 6.92 Å². The topological polar surface area (TPSA) is 485 Å². The molecule has 6 fully saturated rings. The van der Waals surface area contributed by atoms with Crippen LogP contribution in [0.4, 0.5) is 22.2 Å². The Morgan fingerprint density at radius 3 is 1.20 bits per heavy atom. The second-order valence-corrected chi connectivity index (χ2v) is 30.1. The Labute approximate surface area is 639 Å². The van der Waals surface area contributed by atoms with Gasteiger partial charge < -0.3 is 59.4 Å². The molecule has 6 aliphatic rings. The van der Waals surface area contributed by atoms with Crippen LogP contribution in [0.2, 0.25) is 0 Å². The highest BCUT2D eigenvalue weighted by Crippen LogP contribution is 2.57. The molecule has 5 amide bonds. The number of carbonyl (C=O) groups excluding carboxylic acids is 5. The first kappa shape index (κ1) is 77.1. The minimum Gasteiger partial charge on any atom is -0.472 e. The summed E-state index contributed by atoms with van der Waals surface area (Å²) in [5.74, 6) is 7.05. The van der Waals surface area contributed by atoms with E-state index in [0.717, 1.165) is 87.6 Å². The van der Waals surface area contributed by atoms with Crippen molar-refractivity contribution in [2.45, 2.75) is 136 Å². The summed E-state index contributed by atoms with van der Waals surface area (Å²) < 4.78 is 15.8. The van der Waals surface area contributed by atoms with Crippen molar-refractivity contribution in [1.82, 2.24) is 73.8 Å². The Morgan fingerprint density at radius 2 is 0.883 bits per heavy atom. The van der Waals surface area contributed by atoms with E-state index in [1.54, 1.807) is 100 Å². The molecule has 0 unspecified atom stereocenters. The number of nitrogens with one attached hydrogen (secondary N) is 1. The first-order chi connectivity index (χ1) is 53.1. The minimum absolute atomic E-state index is 0.00186. The molecule has 0 atom stereocenters. The fourth-order valence-corrected chi connectivity index (χ4v) is 16.0. The number of nitrogen functional groups attached to an aromatic ring is 3. The highest BCUT2D eigenvalue weighted by Gasteiger charge is 2.53. The van der Waals surface area contributed by atoms with E-state index in [-0.39, 0.29) is 69.3 Å². The SMILES string of the molecule is CC#CC(=O)N1CCC2(CC(n3nc(-c4cnn(Cc5ccccc5C#N)c4)c(C(N)=O)c3N)C2)C1.CC#CC(=O)O.CC(C)(C)OC(=O)N1CCC2(CC(n3nc(-c4cnn(Cc5ccccc5C#N)c4)c(C(N)=O)c3N)C2)C1.N#Cc1ccccc1Cn1cc(-c2nn(C3CC4(CCNC4)C3)c(N)c2C(N)=O)cn1. The van der Waals surface area contributed by atoms with Crippen molar-refractivity contribution < 1.29 is 38.6 Å². The molecule has 3 saturated carbocycles. The van der Waals surface area contributed by atoms with Crippen LogP contribution in [0.3, 0.4) is 0 Å². The zero-order valence-corrected chi connectivity index (χ0v) is 62.2. The molecule has 15 rings (SSSR count). The van der Waals surface area contributed by atoms with Gasteiger partial charge in [0, 0.05) is 73.9 Å². The predicted molar refractivity (Wildman–Crippen MR) is 408 cm³/mol. The van der Waals surface area contributed by atoms with Crippen molar-refractivity contribution in [3.05, 3.63) is 160 Å². The molecular formula is C79H86N24O8. The largest absolute Gasteiger partial charge is 0.472 e. The number of nitrogens with zero attached hydrogens (tertiary/aromatic N) is 17. The molecule has 32 heteroatoms. The lowest BCUT2D eigenvalue weighted by atomic mass is 9.65. The number of nitriles is 3. The molecule has 111 heavy (non-hydrogen) atoms. The molecule has 3 spiro atoms. The predicted octanol–water partition coefficient (Wildman–Crippen LogP) is 6.99. The van der Waals surface area contributed by atoms with E-state index in [4.69, 9.17) is 59.5 Å². The van der Waals surface area contributed by atoms with Crippen LogP contribution in [0.25, 0.3) is 33.8 Å².